The second-order valence-electron chi connectivity index (χ2n) is 4.97. The highest BCUT2D eigenvalue weighted by Gasteiger charge is 2.37. The summed E-state index contributed by atoms with van der Waals surface area (Å²) in [5.74, 6) is 0. The molecule has 15 heavy (non-hydrogen) atoms. The zero-order valence-electron chi connectivity index (χ0n) is 10.0. The molecule has 1 atom stereocenters. The van der Waals surface area contributed by atoms with Crippen LogP contribution >= 0.6 is 0 Å². The fourth-order valence-corrected chi connectivity index (χ4v) is 2.58. The Bertz CT molecular complexity index is 265. The first kappa shape index (κ1) is 12.2. The van der Waals surface area contributed by atoms with Gasteiger partial charge in [0.05, 0.1) is 12.5 Å². The van der Waals surface area contributed by atoms with Crippen LogP contribution in [0.3, 0.4) is 0 Å². The molecule has 1 rings (SSSR count). The molecule has 84 valence electrons. The topological polar surface area (TPSA) is 30.3 Å². The van der Waals surface area contributed by atoms with Crippen LogP contribution in [0.25, 0.3) is 0 Å². The summed E-state index contributed by atoms with van der Waals surface area (Å²) < 4.78 is 0. The van der Waals surface area contributed by atoms with E-state index in [-0.39, 0.29) is 5.54 Å². The van der Waals surface area contributed by atoms with E-state index < -0.39 is 0 Å². The van der Waals surface area contributed by atoms with E-state index in [2.05, 4.69) is 43.3 Å². The summed E-state index contributed by atoms with van der Waals surface area (Å²) >= 11 is 0. The molecule has 0 bridgehead atoms. The molecule has 0 N–H and O–H groups in total. The van der Waals surface area contributed by atoms with Gasteiger partial charge in [0, 0.05) is 31.2 Å². The average Bonchev–Trinajstić information content (AvgIpc) is 2.10. The molecule has 1 unspecified atom stereocenters. The molecule has 1 heterocycles. The van der Waals surface area contributed by atoms with E-state index in [0.717, 1.165) is 19.6 Å². The van der Waals surface area contributed by atoms with E-state index in [4.69, 9.17) is 5.26 Å². The van der Waals surface area contributed by atoms with E-state index in [9.17, 15) is 0 Å². The van der Waals surface area contributed by atoms with Gasteiger partial charge in [-0.05, 0) is 20.9 Å². The molecule has 0 amide bonds. The van der Waals surface area contributed by atoms with Crippen LogP contribution in [0.5, 0.6) is 0 Å². The van der Waals surface area contributed by atoms with Gasteiger partial charge in [-0.15, -0.1) is 6.58 Å². The van der Waals surface area contributed by atoms with Crippen molar-refractivity contribution in [3.8, 4) is 6.07 Å². The van der Waals surface area contributed by atoms with Crippen LogP contribution in [-0.4, -0.2) is 48.1 Å². The van der Waals surface area contributed by atoms with E-state index in [1.54, 1.807) is 0 Å². The van der Waals surface area contributed by atoms with Gasteiger partial charge in [-0.1, -0.05) is 6.08 Å². The number of likely N-dealkylation sites (N-methyl/N-ethyl adjacent to an activating group) is 1. The molecule has 0 saturated carbocycles. The number of hydrogen-bond donors (Lipinski definition) is 0. The van der Waals surface area contributed by atoms with Crippen molar-refractivity contribution in [3.63, 3.8) is 0 Å². The van der Waals surface area contributed by atoms with Crippen LogP contribution in [0.15, 0.2) is 12.7 Å². The third-order valence-corrected chi connectivity index (χ3v) is 3.05. The third kappa shape index (κ3) is 2.80. The molecule has 1 saturated heterocycles. The standard InChI is InChI=1S/C12H21N3/c1-5-8-15-11(6-7-13)9-14(4)10-12(15,2)3/h5,11H,1,6,8-10H2,2-4H3. The van der Waals surface area contributed by atoms with E-state index >= 15 is 0 Å². The van der Waals surface area contributed by atoms with Gasteiger partial charge < -0.3 is 4.90 Å². The Kier molecular flexibility index (Phi) is 3.90. The summed E-state index contributed by atoms with van der Waals surface area (Å²) in [7, 11) is 2.12. The van der Waals surface area contributed by atoms with Crippen LogP contribution in [0.1, 0.15) is 20.3 Å². The molecule has 0 aromatic heterocycles. The summed E-state index contributed by atoms with van der Waals surface area (Å²) in [6, 6.07) is 2.62. The summed E-state index contributed by atoms with van der Waals surface area (Å²) in [6.07, 6.45) is 2.53. The first-order valence-electron chi connectivity index (χ1n) is 5.44. The van der Waals surface area contributed by atoms with Crippen molar-refractivity contribution < 1.29 is 0 Å². The van der Waals surface area contributed by atoms with Gasteiger partial charge in [-0.2, -0.15) is 5.26 Å². The minimum atomic E-state index is 0.128. The normalized spacial score (nSPS) is 27.2. The van der Waals surface area contributed by atoms with Crippen LogP contribution in [-0.2, 0) is 0 Å². The zero-order chi connectivity index (χ0) is 11.5. The molecule has 1 aliphatic rings. The molecule has 0 aliphatic carbocycles. The van der Waals surface area contributed by atoms with Crippen molar-refractivity contribution >= 4 is 0 Å². The lowest BCUT2D eigenvalue weighted by Crippen LogP contribution is -2.62. The minimum Gasteiger partial charge on any atom is -0.303 e. The number of piperazine rings is 1. The van der Waals surface area contributed by atoms with Gasteiger partial charge in [-0.3, -0.25) is 4.90 Å². The molecule has 0 radical (unpaired) electrons. The quantitative estimate of drug-likeness (QED) is 0.657. The third-order valence-electron chi connectivity index (χ3n) is 3.05. The minimum absolute atomic E-state index is 0.128. The van der Waals surface area contributed by atoms with Gasteiger partial charge in [0.1, 0.15) is 0 Å². The Morgan fingerprint density at radius 1 is 1.60 bits per heavy atom. The van der Waals surface area contributed by atoms with Gasteiger partial charge >= 0.3 is 0 Å². The van der Waals surface area contributed by atoms with Crippen LogP contribution in [0.4, 0.5) is 0 Å². The first-order valence-corrected chi connectivity index (χ1v) is 5.44. The van der Waals surface area contributed by atoms with Crippen molar-refractivity contribution in [1.82, 2.24) is 9.80 Å². The second-order valence-corrected chi connectivity index (χ2v) is 4.97. The summed E-state index contributed by atoms with van der Waals surface area (Å²) in [5, 5.41) is 8.84. The van der Waals surface area contributed by atoms with E-state index in [1.165, 1.54) is 0 Å². The summed E-state index contributed by atoms with van der Waals surface area (Å²) in [5.41, 5.74) is 0.128. The largest absolute Gasteiger partial charge is 0.303 e. The number of nitrogens with zero attached hydrogens (tertiary/aromatic N) is 3. The Labute approximate surface area is 93.0 Å². The van der Waals surface area contributed by atoms with Crippen molar-refractivity contribution in [1.29, 1.82) is 5.26 Å². The monoisotopic (exact) mass is 207 g/mol. The predicted octanol–water partition coefficient (Wildman–Crippen LogP) is 1.48. The molecular weight excluding hydrogens is 186 g/mol. The Balaban J connectivity index is 2.82. The first-order chi connectivity index (χ1) is 7.01. The van der Waals surface area contributed by atoms with Crippen LogP contribution < -0.4 is 0 Å². The molecule has 3 heteroatoms. The van der Waals surface area contributed by atoms with Gasteiger partial charge in [0.2, 0.25) is 0 Å². The predicted molar refractivity (Wildman–Crippen MR) is 62.5 cm³/mol. The summed E-state index contributed by atoms with van der Waals surface area (Å²) in [4.78, 5) is 4.70. The fraction of sp³-hybridized carbons (Fsp3) is 0.750. The van der Waals surface area contributed by atoms with E-state index in [1.807, 2.05) is 6.08 Å². The summed E-state index contributed by atoms with van der Waals surface area (Å²) in [6.45, 7) is 11.2. The molecule has 3 nitrogen and oxygen atoms in total. The highest BCUT2D eigenvalue weighted by atomic mass is 15.3. The van der Waals surface area contributed by atoms with Crippen molar-refractivity contribution in [2.75, 3.05) is 26.7 Å². The molecule has 0 spiro atoms. The van der Waals surface area contributed by atoms with Gasteiger partial charge in [0.25, 0.3) is 0 Å². The lowest BCUT2D eigenvalue weighted by molar-refractivity contribution is -0.00495. The fourth-order valence-electron chi connectivity index (χ4n) is 2.58. The average molecular weight is 207 g/mol. The van der Waals surface area contributed by atoms with Crippen molar-refractivity contribution in [2.24, 2.45) is 0 Å². The maximum Gasteiger partial charge on any atom is 0.0638 e. The Morgan fingerprint density at radius 3 is 2.80 bits per heavy atom. The lowest BCUT2D eigenvalue weighted by atomic mass is 9.94. The SMILES string of the molecule is C=CCN1C(CC#N)CN(C)CC1(C)C. The highest BCUT2D eigenvalue weighted by Crippen LogP contribution is 2.25. The highest BCUT2D eigenvalue weighted by molar-refractivity contribution is 4.99. The number of rotatable bonds is 3. The van der Waals surface area contributed by atoms with Crippen molar-refractivity contribution in [2.45, 2.75) is 31.8 Å². The Hall–Kier alpha value is -0.850. The smallest absolute Gasteiger partial charge is 0.0638 e. The van der Waals surface area contributed by atoms with Crippen molar-refractivity contribution in [3.05, 3.63) is 12.7 Å². The molecular formula is C12H21N3. The van der Waals surface area contributed by atoms with Gasteiger partial charge in [-0.25, -0.2) is 0 Å². The molecule has 1 fully saturated rings. The maximum atomic E-state index is 8.84. The molecule has 0 aromatic carbocycles. The zero-order valence-corrected chi connectivity index (χ0v) is 10.0. The van der Waals surface area contributed by atoms with Gasteiger partial charge in [0.15, 0.2) is 0 Å². The van der Waals surface area contributed by atoms with E-state index in [0.29, 0.717) is 12.5 Å². The molecule has 1 aliphatic heterocycles. The van der Waals surface area contributed by atoms with Crippen LogP contribution in [0.2, 0.25) is 0 Å². The molecule has 0 aromatic rings. The maximum absolute atomic E-state index is 8.84. The lowest BCUT2D eigenvalue weighted by Gasteiger charge is -2.50. The second kappa shape index (κ2) is 4.78. The van der Waals surface area contributed by atoms with Crippen LogP contribution in [0, 0.1) is 11.3 Å². The number of hydrogen-bond acceptors (Lipinski definition) is 3. The number of nitriles is 1. The Morgan fingerprint density at radius 2 is 2.27 bits per heavy atom.